The number of aromatic nitrogens is 1. The first kappa shape index (κ1) is 17.7. The number of rotatable bonds is 7. The lowest BCUT2D eigenvalue weighted by Crippen LogP contribution is -2.16. The highest BCUT2D eigenvalue weighted by atomic mass is 16.5. The van der Waals surface area contributed by atoms with Crippen LogP contribution in [-0.4, -0.2) is 17.9 Å². The maximum Gasteiger partial charge on any atom is 0.165 e. The van der Waals surface area contributed by atoms with E-state index in [-0.39, 0.29) is 11.8 Å². The summed E-state index contributed by atoms with van der Waals surface area (Å²) in [6.07, 6.45) is 2.07. The zero-order chi connectivity index (χ0) is 18.4. The van der Waals surface area contributed by atoms with Gasteiger partial charge < -0.3 is 10.1 Å². The number of ketones is 1. The van der Waals surface area contributed by atoms with Crippen molar-refractivity contribution in [3.8, 4) is 5.75 Å². The second-order valence-electron chi connectivity index (χ2n) is 6.18. The van der Waals surface area contributed by atoms with Crippen molar-refractivity contribution in [1.29, 1.82) is 0 Å². The van der Waals surface area contributed by atoms with Crippen LogP contribution in [0.4, 0.5) is 5.82 Å². The Kier molecular flexibility index (Phi) is 5.64. The Morgan fingerprint density at radius 1 is 1.04 bits per heavy atom. The fourth-order valence-electron chi connectivity index (χ4n) is 2.76. The third-order valence-electron chi connectivity index (χ3n) is 4.27. The van der Waals surface area contributed by atoms with E-state index in [4.69, 9.17) is 4.74 Å². The summed E-state index contributed by atoms with van der Waals surface area (Å²) in [6.45, 7) is 2.01. The fraction of sp³-hybridized carbons (Fsp3) is 0.182. The van der Waals surface area contributed by atoms with Crippen molar-refractivity contribution in [2.75, 3.05) is 12.4 Å². The molecule has 26 heavy (non-hydrogen) atoms. The number of carbonyl (C=O) groups is 1. The zero-order valence-electron chi connectivity index (χ0n) is 15.0. The molecule has 3 rings (SSSR count). The maximum absolute atomic E-state index is 12.8. The van der Waals surface area contributed by atoms with Gasteiger partial charge in [-0.15, -0.1) is 0 Å². The van der Waals surface area contributed by atoms with Crippen molar-refractivity contribution in [3.05, 3.63) is 89.6 Å². The predicted octanol–water partition coefficient (Wildman–Crippen LogP) is 4.82. The van der Waals surface area contributed by atoms with E-state index in [0.29, 0.717) is 6.42 Å². The Balaban J connectivity index is 1.83. The summed E-state index contributed by atoms with van der Waals surface area (Å²) in [5.41, 5.74) is 2.87. The van der Waals surface area contributed by atoms with Crippen LogP contribution in [-0.2, 0) is 0 Å². The summed E-state index contributed by atoms with van der Waals surface area (Å²) in [7, 11) is 1.64. The summed E-state index contributed by atoms with van der Waals surface area (Å²) < 4.78 is 5.23. The number of methoxy groups -OCH3 is 1. The summed E-state index contributed by atoms with van der Waals surface area (Å²) >= 11 is 0. The van der Waals surface area contributed by atoms with E-state index < -0.39 is 0 Å². The van der Waals surface area contributed by atoms with Crippen molar-refractivity contribution in [3.63, 3.8) is 0 Å². The number of anilines is 1. The van der Waals surface area contributed by atoms with Crippen LogP contribution in [0.25, 0.3) is 0 Å². The number of aryl methyl sites for hydroxylation is 1. The molecule has 0 saturated heterocycles. The highest BCUT2D eigenvalue weighted by molar-refractivity contribution is 5.96. The number of nitrogens with one attached hydrogen (secondary N) is 1. The van der Waals surface area contributed by atoms with Gasteiger partial charge in [0.05, 0.1) is 13.2 Å². The second-order valence-corrected chi connectivity index (χ2v) is 6.18. The highest BCUT2D eigenvalue weighted by Gasteiger charge is 2.18. The van der Waals surface area contributed by atoms with Crippen LogP contribution in [0, 0.1) is 6.92 Å². The van der Waals surface area contributed by atoms with Gasteiger partial charge in [-0.2, -0.15) is 0 Å². The molecule has 1 unspecified atom stereocenters. The molecule has 1 heterocycles. The molecule has 2 aromatic carbocycles. The van der Waals surface area contributed by atoms with E-state index in [2.05, 4.69) is 10.3 Å². The first-order valence-electron chi connectivity index (χ1n) is 8.57. The first-order chi connectivity index (χ1) is 12.7. The van der Waals surface area contributed by atoms with Crippen molar-refractivity contribution in [2.24, 2.45) is 0 Å². The largest absolute Gasteiger partial charge is 0.497 e. The number of carbonyl (C=O) groups excluding carboxylic acids is 1. The van der Waals surface area contributed by atoms with Crippen LogP contribution in [0.15, 0.2) is 72.9 Å². The summed E-state index contributed by atoms with van der Waals surface area (Å²) in [5.74, 6) is 1.62. The predicted molar refractivity (Wildman–Crippen MR) is 104 cm³/mol. The zero-order valence-corrected chi connectivity index (χ0v) is 15.0. The molecule has 0 fully saturated rings. The molecule has 0 radical (unpaired) electrons. The Hall–Kier alpha value is -3.14. The molecule has 0 aliphatic heterocycles. The van der Waals surface area contributed by atoms with Gasteiger partial charge in [-0.05, 0) is 36.8 Å². The quantitative estimate of drug-likeness (QED) is 0.623. The van der Waals surface area contributed by atoms with E-state index >= 15 is 0 Å². The third kappa shape index (κ3) is 4.48. The minimum absolute atomic E-state index is 0.0919. The van der Waals surface area contributed by atoms with Crippen LogP contribution < -0.4 is 10.1 Å². The number of nitrogens with zero attached hydrogens (tertiary/aromatic N) is 1. The smallest absolute Gasteiger partial charge is 0.165 e. The van der Waals surface area contributed by atoms with Gasteiger partial charge in [-0.3, -0.25) is 4.79 Å². The molecule has 1 atom stereocenters. The molecule has 4 nitrogen and oxygen atoms in total. The van der Waals surface area contributed by atoms with E-state index in [1.54, 1.807) is 13.3 Å². The SMILES string of the molecule is COc1ccc(C(CC(=O)c2ccc(C)cc2)Nc2ccccn2)cc1. The average Bonchev–Trinajstić information content (AvgIpc) is 2.69. The third-order valence-corrected chi connectivity index (χ3v) is 4.27. The molecular weight excluding hydrogens is 324 g/mol. The molecule has 0 saturated carbocycles. The molecule has 0 spiro atoms. The van der Waals surface area contributed by atoms with Gasteiger partial charge in [-0.1, -0.05) is 48.0 Å². The number of hydrogen-bond donors (Lipinski definition) is 1. The maximum atomic E-state index is 12.8. The van der Waals surface area contributed by atoms with E-state index in [1.165, 1.54) is 0 Å². The highest BCUT2D eigenvalue weighted by Crippen LogP contribution is 2.25. The number of benzene rings is 2. The van der Waals surface area contributed by atoms with Crippen LogP contribution >= 0.6 is 0 Å². The summed E-state index contributed by atoms with van der Waals surface area (Å²) in [5, 5.41) is 3.37. The van der Waals surface area contributed by atoms with Gasteiger partial charge in [-0.25, -0.2) is 4.98 Å². The number of hydrogen-bond acceptors (Lipinski definition) is 4. The summed E-state index contributed by atoms with van der Waals surface area (Å²) in [4.78, 5) is 17.1. The van der Waals surface area contributed by atoms with Gasteiger partial charge in [0.15, 0.2) is 5.78 Å². The van der Waals surface area contributed by atoms with E-state index in [0.717, 1.165) is 28.3 Å². The van der Waals surface area contributed by atoms with Crippen molar-refractivity contribution >= 4 is 11.6 Å². The molecule has 0 bridgehead atoms. The lowest BCUT2D eigenvalue weighted by molar-refractivity contribution is 0.0976. The standard InChI is InChI=1S/C22H22N2O2/c1-16-6-8-18(9-7-16)21(25)15-20(24-22-5-3-4-14-23-22)17-10-12-19(26-2)13-11-17/h3-14,20H,15H2,1-2H3,(H,23,24). The topological polar surface area (TPSA) is 51.2 Å². The average molecular weight is 346 g/mol. The molecule has 0 aliphatic rings. The van der Waals surface area contributed by atoms with E-state index in [9.17, 15) is 4.79 Å². The molecule has 1 aromatic heterocycles. The van der Waals surface area contributed by atoms with Crippen molar-refractivity contribution in [2.45, 2.75) is 19.4 Å². The van der Waals surface area contributed by atoms with Crippen molar-refractivity contribution in [1.82, 2.24) is 4.98 Å². The van der Waals surface area contributed by atoms with Gasteiger partial charge in [0.1, 0.15) is 11.6 Å². The fourth-order valence-corrected chi connectivity index (χ4v) is 2.76. The lowest BCUT2D eigenvalue weighted by Gasteiger charge is -2.19. The molecule has 3 aromatic rings. The monoisotopic (exact) mass is 346 g/mol. The molecular formula is C22H22N2O2. The van der Waals surface area contributed by atoms with Crippen LogP contribution in [0.1, 0.15) is 33.9 Å². The Morgan fingerprint density at radius 2 is 1.77 bits per heavy atom. The first-order valence-corrected chi connectivity index (χ1v) is 8.57. The van der Waals surface area contributed by atoms with Gasteiger partial charge in [0.2, 0.25) is 0 Å². The van der Waals surface area contributed by atoms with Gasteiger partial charge in [0, 0.05) is 18.2 Å². The number of Topliss-reactive ketones (excluding diaryl/α,β-unsaturated/α-hetero) is 1. The minimum Gasteiger partial charge on any atom is -0.497 e. The van der Waals surface area contributed by atoms with Gasteiger partial charge in [0.25, 0.3) is 0 Å². The minimum atomic E-state index is -0.176. The normalized spacial score (nSPS) is 11.6. The molecule has 132 valence electrons. The Labute approximate surface area is 153 Å². The molecule has 4 heteroatoms. The second kappa shape index (κ2) is 8.30. The van der Waals surface area contributed by atoms with Crippen LogP contribution in [0.2, 0.25) is 0 Å². The Morgan fingerprint density at radius 3 is 2.38 bits per heavy atom. The molecule has 0 amide bonds. The van der Waals surface area contributed by atoms with Gasteiger partial charge >= 0.3 is 0 Å². The van der Waals surface area contributed by atoms with Crippen LogP contribution in [0.3, 0.4) is 0 Å². The van der Waals surface area contributed by atoms with Crippen LogP contribution in [0.5, 0.6) is 5.75 Å². The van der Waals surface area contributed by atoms with Crippen molar-refractivity contribution < 1.29 is 9.53 Å². The molecule has 1 N–H and O–H groups in total. The molecule has 0 aliphatic carbocycles. The summed E-state index contributed by atoms with van der Waals surface area (Å²) in [6, 6.07) is 20.9. The Bertz CT molecular complexity index is 844. The lowest BCUT2D eigenvalue weighted by atomic mass is 9.97. The number of ether oxygens (including phenoxy) is 1. The van der Waals surface area contributed by atoms with E-state index in [1.807, 2.05) is 73.7 Å². The number of pyridine rings is 1.